The topological polar surface area (TPSA) is 422 Å². The SMILES string of the molecule is C=C(OC1OC(C)C(OC(=O)/C=C\c2ccc(C)cc2)C(OC(C)=O)C1OC1CC(C)C(O)C(O)C1O)[C@@H]1CC(C)(C)C[C@@H]2C1[C@H](O)C[C@]1(C)C2C=C[C@@H]2[C@@]3(C)CC[C@H](OC4OC(COC=O)C(O)C(OC5OCC(O)C(O)C5O)C4OC4OC(CO)C(O)C(O)C4O)[C@@](C)(C=O)[C@@H]3CC[C@]21C. The predicted molar refractivity (Wildman–Crippen MR) is 354 cm³/mol. The van der Waals surface area contributed by atoms with Gasteiger partial charge in [-0.1, -0.05) is 97.0 Å². The summed E-state index contributed by atoms with van der Waals surface area (Å²) in [5.74, 6) is -3.52. The molecule has 36 atom stereocenters. The average molecular weight is 1450 g/mol. The minimum Gasteiger partial charge on any atom is -0.467 e. The van der Waals surface area contributed by atoms with E-state index in [0.29, 0.717) is 32.1 Å². The number of allylic oxidation sites excluding steroid dienone is 3. The largest absolute Gasteiger partial charge is 0.467 e. The van der Waals surface area contributed by atoms with E-state index in [1.54, 1.807) is 19.9 Å². The number of benzene rings is 1. The number of aliphatic hydroxyl groups excluding tert-OH is 12. The Labute approximate surface area is 594 Å². The quantitative estimate of drug-likeness (QED) is 0.0167. The van der Waals surface area contributed by atoms with Crippen molar-refractivity contribution in [3.8, 4) is 0 Å². The molecule has 0 bridgehead atoms. The van der Waals surface area contributed by atoms with E-state index in [-0.39, 0.29) is 54.2 Å². The summed E-state index contributed by atoms with van der Waals surface area (Å²) in [6, 6.07) is 7.47. The molecule has 28 nitrogen and oxygen atoms in total. The fourth-order valence-electron chi connectivity index (χ4n) is 20.0. The summed E-state index contributed by atoms with van der Waals surface area (Å²) >= 11 is 0. The van der Waals surface area contributed by atoms with Crippen LogP contribution in [0.1, 0.15) is 125 Å². The molecule has 10 aliphatic rings. The molecule has 11 rings (SSSR count). The Balaban J connectivity index is 0.864. The number of aldehydes is 1. The van der Waals surface area contributed by atoms with E-state index in [1.165, 1.54) is 13.0 Å². The number of hydrogen-bond acceptors (Lipinski definition) is 28. The molecule has 5 saturated carbocycles. The monoisotopic (exact) mass is 1440 g/mol. The van der Waals surface area contributed by atoms with Crippen molar-refractivity contribution in [1.82, 2.24) is 0 Å². The second-order valence-electron chi connectivity index (χ2n) is 32.6. The highest BCUT2D eigenvalue weighted by Crippen LogP contribution is 2.75. The van der Waals surface area contributed by atoms with Gasteiger partial charge in [0, 0.05) is 18.9 Å². The Morgan fingerprint density at radius 3 is 1.98 bits per heavy atom. The van der Waals surface area contributed by atoms with Crippen LogP contribution < -0.4 is 0 Å². The molecule has 6 aliphatic carbocycles. The summed E-state index contributed by atoms with van der Waals surface area (Å²) in [6.07, 6.45) is -26.9. The molecule has 4 saturated heterocycles. The molecular weight excluding hydrogens is 1340 g/mol. The minimum atomic E-state index is -2.00. The molecule has 28 heteroatoms. The van der Waals surface area contributed by atoms with E-state index in [1.807, 2.05) is 38.1 Å². The summed E-state index contributed by atoms with van der Waals surface area (Å²) in [5, 5.41) is 134. The molecule has 12 N–H and O–H groups in total. The van der Waals surface area contributed by atoms with Gasteiger partial charge in [-0.2, -0.15) is 0 Å². The van der Waals surface area contributed by atoms with Gasteiger partial charge < -0.3 is 123 Å². The van der Waals surface area contributed by atoms with Crippen LogP contribution in [0.3, 0.4) is 0 Å². The number of carbonyl (C=O) groups excluding carboxylic acids is 4. The van der Waals surface area contributed by atoms with Crippen LogP contribution in [-0.4, -0.2) is 259 Å². The molecule has 102 heavy (non-hydrogen) atoms. The molecule has 1 aromatic rings. The van der Waals surface area contributed by atoms with Crippen LogP contribution in [0.4, 0.5) is 0 Å². The van der Waals surface area contributed by atoms with Gasteiger partial charge in [0.15, 0.2) is 37.2 Å². The molecule has 0 aromatic heterocycles. The van der Waals surface area contributed by atoms with E-state index in [2.05, 4.69) is 53.3 Å². The van der Waals surface area contributed by atoms with E-state index in [9.17, 15) is 80.5 Å². The number of aryl methyl sites for hydroxylation is 1. The first kappa shape index (κ1) is 78.6. The van der Waals surface area contributed by atoms with Crippen molar-refractivity contribution in [3.05, 3.63) is 66.0 Å². The molecule has 4 aliphatic heterocycles. The van der Waals surface area contributed by atoms with E-state index in [0.717, 1.165) is 23.8 Å². The zero-order valence-corrected chi connectivity index (χ0v) is 59.6. The second-order valence-corrected chi connectivity index (χ2v) is 32.6. The molecule has 1 aromatic carbocycles. The van der Waals surface area contributed by atoms with Gasteiger partial charge in [-0.3, -0.25) is 9.59 Å². The first-order chi connectivity index (χ1) is 48.0. The standard InChI is InChI=1S/C74H108O28/c1-33-12-14-38(15-13-33)16-19-50(81)100-61-36(4)94-68(65(63(61)95-37(5)78)96-44-24-34(2)52(82)57(87)54(44)84)93-35(3)39-25-70(6,7)26-40-41-17-18-48-71(8)22-21-49(72(9,31-76)47(71)20-23-73(48,10)74(41,11)27-42(79)51(39)40)99-69-64(102-67-60(90)58(88)55(85)45(28-75)97-67)62(56(86)46(98-69)30-91-32-77)101-66-59(89)53(83)43(80)29-92-66/h12-19,31-32,34,36,39-49,51-69,75,79-80,82-90H,3,20-30H2,1-2,4-11H3/b19-16-/t34?,36?,39-,40-,41?,42+,43?,44?,45?,46?,47+,48+,49-,51?,52?,53?,54?,55?,56?,57?,58?,59?,60?,61?,62?,63?,64?,65?,66?,67?,68?,69?,71-,72-,73+,74+/m0/s1. The molecule has 9 fully saturated rings. The van der Waals surface area contributed by atoms with Gasteiger partial charge in [0.2, 0.25) is 6.29 Å². The van der Waals surface area contributed by atoms with Gasteiger partial charge in [-0.05, 0) is 134 Å². The highest BCUT2D eigenvalue weighted by molar-refractivity contribution is 5.87. The van der Waals surface area contributed by atoms with Crippen LogP contribution in [0.15, 0.2) is 54.8 Å². The molecule has 0 radical (unpaired) electrons. The number of fused-ring (bicyclic) bond motifs is 7. The molecule has 0 amide bonds. The fourth-order valence-corrected chi connectivity index (χ4v) is 20.0. The van der Waals surface area contributed by atoms with Crippen molar-refractivity contribution in [3.63, 3.8) is 0 Å². The number of aliphatic hydroxyl groups is 12. The zero-order chi connectivity index (χ0) is 74.2. The highest BCUT2D eigenvalue weighted by Gasteiger charge is 2.71. The van der Waals surface area contributed by atoms with E-state index >= 15 is 0 Å². The van der Waals surface area contributed by atoms with Crippen LogP contribution >= 0.6 is 0 Å². The number of ether oxygens (including phenoxy) is 12. The lowest BCUT2D eigenvalue weighted by atomic mass is 9.33. The van der Waals surface area contributed by atoms with Gasteiger partial charge in [-0.15, -0.1) is 0 Å². The van der Waals surface area contributed by atoms with Gasteiger partial charge in [0.1, 0.15) is 92.2 Å². The minimum absolute atomic E-state index is 0.0600. The van der Waals surface area contributed by atoms with Crippen molar-refractivity contribution in [2.45, 2.75) is 274 Å². The van der Waals surface area contributed by atoms with E-state index in [4.69, 9.17) is 56.8 Å². The number of rotatable bonds is 20. The molecule has 4 heterocycles. The maximum atomic E-state index is 14.3. The lowest BCUT2D eigenvalue weighted by Gasteiger charge is -2.71. The predicted octanol–water partition coefficient (Wildman–Crippen LogP) is 1.32. The lowest BCUT2D eigenvalue weighted by molar-refractivity contribution is -0.395. The molecule has 26 unspecified atom stereocenters. The fraction of sp³-hybridized carbons (Fsp3) is 0.784. The summed E-state index contributed by atoms with van der Waals surface area (Å²) in [7, 11) is 0. The highest BCUT2D eigenvalue weighted by atomic mass is 16.8. The van der Waals surface area contributed by atoms with E-state index < -0.39 is 225 Å². The van der Waals surface area contributed by atoms with Crippen molar-refractivity contribution >= 4 is 30.8 Å². The molecule has 572 valence electrons. The Kier molecular flexibility index (Phi) is 23.6. The first-order valence-electron chi connectivity index (χ1n) is 36.0. The number of carbonyl (C=O) groups is 4. The Morgan fingerprint density at radius 2 is 1.30 bits per heavy atom. The van der Waals surface area contributed by atoms with Crippen LogP contribution in [0.2, 0.25) is 0 Å². The molecular formula is C74H108O28. The summed E-state index contributed by atoms with van der Waals surface area (Å²) < 4.78 is 74.7. The van der Waals surface area contributed by atoms with Crippen LogP contribution in [0, 0.1) is 75.4 Å². The molecule has 0 spiro atoms. The van der Waals surface area contributed by atoms with Crippen molar-refractivity contribution < 1.29 is 137 Å². The average Bonchev–Trinajstić information content (AvgIpc) is 0.677. The van der Waals surface area contributed by atoms with Crippen molar-refractivity contribution in [2.75, 3.05) is 19.8 Å². The Hall–Kier alpha value is -4.48. The summed E-state index contributed by atoms with van der Waals surface area (Å²) in [4.78, 5) is 52.9. The number of hydrogen-bond donors (Lipinski definition) is 12. The maximum absolute atomic E-state index is 14.3. The third-order valence-electron chi connectivity index (χ3n) is 25.6. The normalized spacial score (nSPS) is 49.2. The zero-order valence-electron chi connectivity index (χ0n) is 59.6. The van der Waals surface area contributed by atoms with Crippen LogP contribution in [0.25, 0.3) is 6.08 Å². The first-order valence-corrected chi connectivity index (χ1v) is 36.0. The Bertz CT molecular complexity index is 3170. The Morgan fingerprint density at radius 1 is 0.637 bits per heavy atom. The third kappa shape index (κ3) is 14.6. The van der Waals surface area contributed by atoms with Gasteiger partial charge in [-0.25, -0.2) is 4.79 Å². The second kappa shape index (κ2) is 30.6. The van der Waals surface area contributed by atoms with Crippen molar-refractivity contribution in [2.24, 2.45) is 68.5 Å². The van der Waals surface area contributed by atoms with Crippen LogP contribution in [-0.2, 0) is 76.0 Å². The summed E-state index contributed by atoms with van der Waals surface area (Å²) in [6.45, 7) is 22.1. The van der Waals surface area contributed by atoms with Gasteiger partial charge in [0.25, 0.3) is 6.47 Å². The summed E-state index contributed by atoms with van der Waals surface area (Å²) in [5.41, 5.74) is -1.57. The third-order valence-corrected chi connectivity index (χ3v) is 25.6. The van der Waals surface area contributed by atoms with Crippen molar-refractivity contribution in [1.29, 1.82) is 0 Å². The van der Waals surface area contributed by atoms with Gasteiger partial charge in [0.05, 0.1) is 54.9 Å². The lowest BCUT2D eigenvalue weighted by Crippen LogP contribution is -2.69. The smallest absolute Gasteiger partial charge is 0.331 e. The number of esters is 2. The maximum Gasteiger partial charge on any atom is 0.331 e. The van der Waals surface area contributed by atoms with Crippen LogP contribution in [0.5, 0.6) is 0 Å². The van der Waals surface area contributed by atoms with Gasteiger partial charge >= 0.3 is 11.9 Å².